The third kappa shape index (κ3) is 2.46. The first-order chi connectivity index (χ1) is 11.6. The van der Waals surface area contributed by atoms with Crippen LogP contribution in [0.5, 0.6) is 0 Å². The molecule has 0 amide bonds. The number of nitrogen functional groups attached to an aromatic ring is 1. The number of aromatic nitrogens is 1. The number of hydrogen-bond donors (Lipinski definition) is 1. The minimum Gasteiger partial charge on any atom is -0.422 e. The summed E-state index contributed by atoms with van der Waals surface area (Å²) in [5.41, 5.74) is 5.71. The van der Waals surface area contributed by atoms with Gasteiger partial charge in [0.05, 0.1) is 0 Å². The number of rotatable bonds is 3. The Morgan fingerprint density at radius 2 is 2.00 bits per heavy atom. The number of ketones is 1. The van der Waals surface area contributed by atoms with E-state index >= 15 is 0 Å². The fourth-order valence-electron chi connectivity index (χ4n) is 2.87. The molecule has 2 N–H and O–H groups in total. The summed E-state index contributed by atoms with van der Waals surface area (Å²) < 4.78 is 5.24. The SMILES string of the molecule is Nc1nc(N2CCCC2)sc1C(=O)c1cc2ccccc2oc1=O. The highest BCUT2D eigenvalue weighted by molar-refractivity contribution is 7.18. The molecule has 1 aromatic carbocycles. The smallest absolute Gasteiger partial charge is 0.347 e. The number of para-hydroxylation sites is 1. The first kappa shape index (κ1) is 14.9. The molecule has 1 fully saturated rings. The fourth-order valence-corrected chi connectivity index (χ4v) is 3.86. The van der Waals surface area contributed by atoms with Crippen molar-refractivity contribution in [3.8, 4) is 0 Å². The molecule has 0 unspecified atom stereocenters. The van der Waals surface area contributed by atoms with E-state index in [1.54, 1.807) is 24.3 Å². The van der Waals surface area contributed by atoms with Crippen LogP contribution in [-0.4, -0.2) is 23.9 Å². The van der Waals surface area contributed by atoms with Crippen LogP contribution < -0.4 is 16.3 Å². The largest absolute Gasteiger partial charge is 0.422 e. The van der Waals surface area contributed by atoms with Crippen LogP contribution in [0.2, 0.25) is 0 Å². The Labute approximate surface area is 141 Å². The standard InChI is InChI=1S/C17H15N3O3S/c18-15-14(24-17(19-15)20-7-3-4-8-20)13(21)11-9-10-5-1-2-6-12(10)23-16(11)22/h1-2,5-6,9H,3-4,7-8,18H2. The topological polar surface area (TPSA) is 89.4 Å². The van der Waals surface area contributed by atoms with Crippen LogP contribution in [-0.2, 0) is 0 Å². The minimum absolute atomic E-state index is 0.0166. The molecule has 0 radical (unpaired) electrons. The predicted molar refractivity (Wildman–Crippen MR) is 93.9 cm³/mol. The molecular formula is C17H15N3O3S. The van der Waals surface area contributed by atoms with Crippen molar-refractivity contribution in [2.24, 2.45) is 0 Å². The van der Waals surface area contributed by atoms with Gasteiger partial charge in [-0.3, -0.25) is 4.79 Å². The lowest BCUT2D eigenvalue weighted by Gasteiger charge is -2.11. The average Bonchev–Trinajstić information content (AvgIpc) is 3.23. The highest BCUT2D eigenvalue weighted by atomic mass is 32.1. The van der Waals surface area contributed by atoms with Gasteiger partial charge in [-0.2, -0.15) is 0 Å². The van der Waals surface area contributed by atoms with Gasteiger partial charge in [-0.15, -0.1) is 0 Å². The van der Waals surface area contributed by atoms with Crippen molar-refractivity contribution < 1.29 is 9.21 Å². The Morgan fingerprint density at radius 1 is 1.25 bits per heavy atom. The Morgan fingerprint density at radius 3 is 2.79 bits per heavy atom. The number of anilines is 2. The van der Waals surface area contributed by atoms with E-state index in [2.05, 4.69) is 9.88 Å². The second-order valence-electron chi connectivity index (χ2n) is 5.72. The molecule has 3 heterocycles. The summed E-state index contributed by atoms with van der Waals surface area (Å²) in [6.07, 6.45) is 2.22. The van der Waals surface area contributed by atoms with E-state index in [9.17, 15) is 9.59 Å². The summed E-state index contributed by atoms with van der Waals surface area (Å²) in [6, 6.07) is 8.63. The van der Waals surface area contributed by atoms with E-state index in [0.29, 0.717) is 15.8 Å². The first-order valence-electron chi connectivity index (χ1n) is 7.72. The molecule has 0 atom stereocenters. The quantitative estimate of drug-likeness (QED) is 0.582. The molecule has 1 aliphatic rings. The molecule has 2 aromatic heterocycles. The number of carbonyl (C=O) groups is 1. The molecule has 1 aliphatic heterocycles. The lowest BCUT2D eigenvalue weighted by molar-refractivity contribution is 0.104. The molecule has 3 aromatic rings. The first-order valence-corrected chi connectivity index (χ1v) is 8.54. The van der Waals surface area contributed by atoms with Crippen LogP contribution in [0, 0.1) is 0 Å². The molecule has 0 spiro atoms. The van der Waals surface area contributed by atoms with E-state index in [0.717, 1.165) is 31.1 Å². The molecule has 7 heteroatoms. The molecule has 4 rings (SSSR count). The van der Waals surface area contributed by atoms with Gasteiger partial charge in [0.2, 0.25) is 5.78 Å². The number of carbonyl (C=O) groups excluding carboxylic acids is 1. The van der Waals surface area contributed by atoms with Gasteiger partial charge in [0, 0.05) is 18.5 Å². The van der Waals surface area contributed by atoms with Gasteiger partial charge >= 0.3 is 5.63 Å². The van der Waals surface area contributed by atoms with Gasteiger partial charge in [-0.1, -0.05) is 29.5 Å². The summed E-state index contributed by atoms with van der Waals surface area (Å²) in [5, 5.41) is 1.43. The normalized spacial score (nSPS) is 14.4. The van der Waals surface area contributed by atoms with Gasteiger partial charge < -0.3 is 15.1 Å². The zero-order valence-corrected chi connectivity index (χ0v) is 13.6. The van der Waals surface area contributed by atoms with E-state index in [1.807, 2.05) is 6.07 Å². The molecule has 6 nitrogen and oxygen atoms in total. The van der Waals surface area contributed by atoms with Crippen LogP contribution in [0.4, 0.5) is 10.9 Å². The van der Waals surface area contributed by atoms with Crippen LogP contribution in [0.1, 0.15) is 28.1 Å². The maximum absolute atomic E-state index is 12.8. The lowest BCUT2D eigenvalue weighted by atomic mass is 10.1. The maximum atomic E-state index is 12.8. The molecule has 1 saturated heterocycles. The third-order valence-electron chi connectivity index (χ3n) is 4.11. The number of nitrogens with zero attached hydrogens (tertiary/aromatic N) is 2. The van der Waals surface area contributed by atoms with Crippen molar-refractivity contribution in [1.82, 2.24) is 4.98 Å². The second-order valence-corrected chi connectivity index (χ2v) is 6.70. The summed E-state index contributed by atoms with van der Waals surface area (Å²) >= 11 is 1.23. The average molecular weight is 341 g/mol. The van der Waals surface area contributed by atoms with Crippen molar-refractivity contribution >= 4 is 39.0 Å². The van der Waals surface area contributed by atoms with Crippen LogP contribution >= 0.6 is 11.3 Å². The van der Waals surface area contributed by atoms with Crippen LogP contribution in [0.25, 0.3) is 11.0 Å². The zero-order chi connectivity index (χ0) is 16.7. The van der Waals surface area contributed by atoms with Gasteiger partial charge in [-0.25, -0.2) is 9.78 Å². The summed E-state index contributed by atoms with van der Waals surface area (Å²) in [5.74, 6) is -0.269. The molecule has 24 heavy (non-hydrogen) atoms. The Hall–Kier alpha value is -2.67. The number of thiazole rings is 1. The van der Waals surface area contributed by atoms with Crippen LogP contribution in [0.15, 0.2) is 39.5 Å². The van der Waals surface area contributed by atoms with Gasteiger partial charge in [-0.05, 0) is 25.0 Å². The summed E-state index contributed by atoms with van der Waals surface area (Å²) in [6.45, 7) is 1.83. The molecule has 122 valence electrons. The summed E-state index contributed by atoms with van der Waals surface area (Å²) in [7, 11) is 0. The van der Waals surface area contributed by atoms with Crippen LogP contribution in [0.3, 0.4) is 0 Å². The predicted octanol–water partition coefficient (Wildman–Crippen LogP) is 2.66. The molecule has 0 bridgehead atoms. The van der Waals surface area contributed by atoms with Crippen molar-refractivity contribution in [2.45, 2.75) is 12.8 Å². The highest BCUT2D eigenvalue weighted by Crippen LogP contribution is 2.31. The van der Waals surface area contributed by atoms with Crippen molar-refractivity contribution in [2.75, 3.05) is 23.7 Å². The Kier molecular flexibility index (Phi) is 3.57. The molecule has 0 saturated carbocycles. The fraction of sp³-hybridized carbons (Fsp3) is 0.235. The third-order valence-corrected chi connectivity index (χ3v) is 5.24. The number of hydrogen-bond acceptors (Lipinski definition) is 7. The van der Waals surface area contributed by atoms with E-state index in [1.165, 1.54) is 11.3 Å². The number of nitrogens with two attached hydrogens (primary N) is 1. The maximum Gasteiger partial charge on any atom is 0.347 e. The van der Waals surface area contributed by atoms with E-state index in [4.69, 9.17) is 10.2 Å². The Bertz CT molecular complexity index is 986. The van der Waals surface area contributed by atoms with Gasteiger partial charge in [0.15, 0.2) is 5.13 Å². The zero-order valence-electron chi connectivity index (χ0n) is 12.8. The van der Waals surface area contributed by atoms with E-state index in [-0.39, 0.29) is 11.4 Å². The number of benzene rings is 1. The minimum atomic E-state index is -0.658. The highest BCUT2D eigenvalue weighted by Gasteiger charge is 2.24. The van der Waals surface area contributed by atoms with Crippen molar-refractivity contribution in [3.63, 3.8) is 0 Å². The summed E-state index contributed by atoms with van der Waals surface area (Å²) in [4.78, 5) is 31.6. The second kappa shape index (κ2) is 5.76. The van der Waals surface area contributed by atoms with Crippen molar-refractivity contribution in [3.05, 3.63) is 51.2 Å². The monoisotopic (exact) mass is 341 g/mol. The van der Waals surface area contributed by atoms with Gasteiger partial charge in [0.1, 0.15) is 21.8 Å². The van der Waals surface area contributed by atoms with E-state index < -0.39 is 11.4 Å². The molecule has 0 aliphatic carbocycles. The Balaban J connectivity index is 1.76. The van der Waals surface area contributed by atoms with Crippen molar-refractivity contribution in [1.29, 1.82) is 0 Å². The lowest BCUT2D eigenvalue weighted by Crippen LogP contribution is -2.17. The number of fused-ring (bicyclic) bond motifs is 1. The molecular weight excluding hydrogens is 326 g/mol. The van der Waals surface area contributed by atoms with Gasteiger partial charge in [0.25, 0.3) is 0 Å².